The van der Waals surface area contributed by atoms with Crippen LogP contribution in [0.3, 0.4) is 0 Å². The first-order chi connectivity index (χ1) is 9.46. The van der Waals surface area contributed by atoms with Crippen LogP contribution in [0.5, 0.6) is 0 Å². The number of aryl methyl sites for hydroxylation is 1. The van der Waals surface area contributed by atoms with E-state index in [2.05, 4.69) is 50.1 Å². The molecule has 0 saturated carbocycles. The third-order valence-corrected chi connectivity index (χ3v) is 4.65. The van der Waals surface area contributed by atoms with Gasteiger partial charge in [0.1, 0.15) is 0 Å². The Balaban J connectivity index is 1.95. The second-order valence-electron chi connectivity index (χ2n) is 6.53. The highest BCUT2D eigenvalue weighted by atomic mass is 32.1. The minimum absolute atomic E-state index is 0.173. The van der Waals surface area contributed by atoms with Gasteiger partial charge in [-0.2, -0.15) is 0 Å². The molecule has 0 unspecified atom stereocenters. The van der Waals surface area contributed by atoms with E-state index in [1.54, 1.807) is 0 Å². The lowest BCUT2D eigenvalue weighted by Gasteiger charge is -2.25. The standard InChI is InChI=1S/C16H27N3S/c1-13-14(9-8-10-17-16(2,3)4)20-15(18-13)19-11-6-5-7-12-19/h8-9,17H,5-7,10-12H2,1-4H3. The minimum atomic E-state index is 0.173. The molecule has 0 aromatic carbocycles. The smallest absolute Gasteiger partial charge is 0.186 e. The van der Waals surface area contributed by atoms with E-state index in [1.165, 1.54) is 42.4 Å². The number of hydrogen-bond acceptors (Lipinski definition) is 4. The Morgan fingerprint density at radius 1 is 1.25 bits per heavy atom. The molecule has 1 saturated heterocycles. The molecule has 0 atom stereocenters. The quantitative estimate of drug-likeness (QED) is 0.914. The molecule has 1 fully saturated rings. The predicted octanol–water partition coefficient (Wildman–Crippen LogP) is 3.84. The maximum absolute atomic E-state index is 4.73. The summed E-state index contributed by atoms with van der Waals surface area (Å²) in [6.45, 7) is 11.9. The first-order valence-electron chi connectivity index (χ1n) is 7.60. The van der Waals surface area contributed by atoms with Gasteiger partial charge in [-0.15, -0.1) is 0 Å². The van der Waals surface area contributed by atoms with Crippen molar-refractivity contribution in [3.8, 4) is 0 Å². The van der Waals surface area contributed by atoms with Crippen molar-refractivity contribution in [3.05, 3.63) is 16.6 Å². The second-order valence-corrected chi connectivity index (χ2v) is 7.54. The van der Waals surface area contributed by atoms with Crippen LogP contribution in [-0.2, 0) is 0 Å². The van der Waals surface area contributed by atoms with Crippen LogP contribution in [-0.4, -0.2) is 30.2 Å². The van der Waals surface area contributed by atoms with Crippen LogP contribution in [0.4, 0.5) is 5.13 Å². The highest BCUT2D eigenvalue weighted by Gasteiger charge is 2.15. The number of rotatable bonds is 4. The summed E-state index contributed by atoms with van der Waals surface area (Å²) < 4.78 is 0. The van der Waals surface area contributed by atoms with Crippen LogP contribution >= 0.6 is 11.3 Å². The van der Waals surface area contributed by atoms with E-state index in [0.29, 0.717) is 0 Å². The average molecular weight is 293 g/mol. The van der Waals surface area contributed by atoms with E-state index in [1.807, 2.05) is 11.3 Å². The molecular weight excluding hydrogens is 266 g/mol. The molecule has 0 spiro atoms. The van der Waals surface area contributed by atoms with Gasteiger partial charge in [0, 0.05) is 25.2 Å². The van der Waals surface area contributed by atoms with Gasteiger partial charge in [-0.1, -0.05) is 17.4 Å². The Hall–Kier alpha value is -0.870. The first kappa shape index (κ1) is 15.5. The van der Waals surface area contributed by atoms with Crippen molar-refractivity contribution in [1.82, 2.24) is 10.3 Å². The van der Waals surface area contributed by atoms with Gasteiger partial charge in [-0.3, -0.25) is 0 Å². The number of anilines is 1. The lowest BCUT2D eigenvalue weighted by molar-refractivity contribution is 0.450. The maximum atomic E-state index is 4.73. The highest BCUT2D eigenvalue weighted by Crippen LogP contribution is 2.29. The van der Waals surface area contributed by atoms with Gasteiger partial charge in [0.05, 0.1) is 10.6 Å². The molecule has 4 heteroatoms. The maximum Gasteiger partial charge on any atom is 0.186 e. The number of aromatic nitrogens is 1. The van der Waals surface area contributed by atoms with Gasteiger partial charge in [-0.05, 0) is 53.0 Å². The molecule has 0 bridgehead atoms. The molecule has 0 aliphatic carbocycles. The van der Waals surface area contributed by atoms with E-state index in [0.717, 1.165) is 12.2 Å². The topological polar surface area (TPSA) is 28.2 Å². The zero-order chi connectivity index (χ0) is 14.6. The largest absolute Gasteiger partial charge is 0.348 e. The van der Waals surface area contributed by atoms with E-state index in [9.17, 15) is 0 Å². The summed E-state index contributed by atoms with van der Waals surface area (Å²) in [5.74, 6) is 0. The summed E-state index contributed by atoms with van der Waals surface area (Å²) in [6.07, 6.45) is 8.38. The molecule has 1 aromatic heterocycles. The van der Waals surface area contributed by atoms with Gasteiger partial charge >= 0.3 is 0 Å². The van der Waals surface area contributed by atoms with Crippen LogP contribution in [0.25, 0.3) is 6.08 Å². The summed E-state index contributed by atoms with van der Waals surface area (Å²) >= 11 is 1.82. The SMILES string of the molecule is Cc1nc(N2CCCCC2)sc1C=CCNC(C)(C)C. The first-order valence-corrected chi connectivity index (χ1v) is 8.41. The van der Waals surface area contributed by atoms with Gasteiger partial charge in [0.25, 0.3) is 0 Å². The van der Waals surface area contributed by atoms with E-state index >= 15 is 0 Å². The molecule has 1 aromatic rings. The monoisotopic (exact) mass is 293 g/mol. The molecular formula is C16H27N3S. The molecule has 1 aliphatic heterocycles. The van der Waals surface area contributed by atoms with Crippen LogP contribution in [0.15, 0.2) is 6.08 Å². The van der Waals surface area contributed by atoms with Crippen molar-refractivity contribution in [3.63, 3.8) is 0 Å². The number of hydrogen-bond donors (Lipinski definition) is 1. The Morgan fingerprint density at radius 3 is 2.60 bits per heavy atom. The summed E-state index contributed by atoms with van der Waals surface area (Å²) in [5.41, 5.74) is 1.33. The average Bonchev–Trinajstić information content (AvgIpc) is 2.76. The minimum Gasteiger partial charge on any atom is -0.348 e. The van der Waals surface area contributed by atoms with Crippen molar-refractivity contribution in [2.75, 3.05) is 24.5 Å². The van der Waals surface area contributed by atoms with E-state index in [-0.39, 0.29) is 5.54 Å². The fraction of sp³-hybridized carbons (Fsp3) is 0.688. The summed E-state index contributed by atoms with van der Waals surface area (Å²) in [4.78, 5) is 8.46. The Morgan fingerprint density at radius 2 is 1.95 bits per heavy atom. The number of nitrogens with zero attached hydrogens (tertiary/aromatic N) is 2. The van der Waals surface area contributed by atoms with Crippen LogP contribution in [0.2, 0.25) is 0 Å². The van der Waals surface area contributed by atoms with Crippen molar-refractivity contribution < 1.29 is 0 Å². The molecule has 0 radical (unpaired) electrons. The zero-order valence-corrected chi connectivity index (χ0v) is 14.0. The van der Waals surface area contributed by atoms with Crippen molar-refractivity contribution in [2.24, 2.45) is 0 Å². The fourth-order valence-corrected chi connectivity index (χ4v) is 3.35. The highest BCUT2D eigenvalue weighted by molar-refractivity contribution is 7.16. The zero-order valence-electron chi connectivity index (χ0n) is 13.2. The van der Waals surface area contributed by atoms with Crippen molar-refractivity contribution in [1.29, 1.82) is 0 Å². The summed E-state index contributed by atoms with van der Waals surface area (Å²) in [6, 6.07) is 0. The molecule has 2 rings (SSSR count). The predicted molar refractivity (Wildman–Crippen MR) is 89.7 cm³/mol. The Bertz CT molecular complexity index is 451. The second kappa shape index (κ2) is 6.72. The Labute approximate surface area is 127 Å². The number of nitrogens with one attached hydrogen (secondary N) is 1. The number of thiazole rings is 1. The molecule has 112 valence electrons. The third-order valence-electron chi connectivity index (χ3n) is 3.47. The van der Waals surface area contributed by atoms with E-state index in [4.69, 9.17) is 4.98 Å². The molecule has 2 heterocycles. The van der Waals surface area contributed by atoms with Gasteiger partial charge < -0.3 is 10.2 Å². The van der Waals surface area contributed by atoms with Crippen molar-refractivity contribution in [2.45, 2.75) is 52.5 Å². The van der Waals surface area contributed by atoms with Crippen LogP contribution < -0.4 is 10.2 Å². The van der Waals surface area contributed by atoms with E-state index < -0.39 is 0 Å². The fourth-order valence-electron chi connectivity index (χ4n) is 2.30. The van der Waals surface area contributed by atoms with Gasteiger partial charge in [-0.25, -0.2) is 4.98 Å². The van der Waals surface area contributed by atoms with Crippen LogP contribution in [0, 0.1) is 6.92 Å². The molecule has 1 N–H and O–H groups in total. The lowest BCUT2D eigenvalue weighted by atomic mass is 10.1. The summed E-state index contributed by atoms with van der Waals surface area (Å²) in [7, 11) is 0. The molecule has 1 aliphatic rings. The molecule has 20 heavy (non-hydrogen) atoms. The van der Waals surface area contributed by atoms with Gasteiger partial charge in [0.15, 0.2) is 5.13 Å². The molecule has 0 amide bonds. The van der Waals surface area contributed by atoms with Crippen LogP contribution in [0.1, 0.15) is 50.6 Å². The summed E-state index contributed by atoms with van der Waals surface area (Å²) in [5, 5.41) is 4.67. The number of piperidine rings is 1. The van der Waals surface area contributed by atoms with Crippen molar-refractivity contribution >= 4 is 22.5 Å². The lowest BCUT2D eigenvalue weighted by Crippen LogP contribution is -2.35. The van der Waals surface area contributed by atoms with Gasteiger partial charge in [0.2, 0.25) is 0 Å². The Kier molecular flexibility index (Phi) is 5.22. The third kappa shape index (κ3) is 4.60. The normalized spacial score (nSPS) is 17.1. The molecule has 3 nitrogen and oxygen atoms in total.